The lowest BCUT2D eigenvalue weighted by molar-refractivity contribution is -0.128. The maximum absolute atomic E-state index is 12.7. The van der Waals surface area contributed by atoms with Gasteiger partial charge in [-0.05, 0) is 11.1 Å². The molecule has 6 heteroatoms. The molecule has 0 bridgehead atoms. The van der Waals surface area contributed by atoms with Crippen LogP contribution in [-0.2, 0) is 4.79 Å². The molecule has 4 rings (SSSR count). The molecule has 0 unspecified atom stereocenters. The highest BCUT2D eigenvalue weighted by Crippen LogP contribution is 2.49. The van der Waals surface area contributed by atoms with Gasteiger partial charge in [0.05, 0.1) is 6.04 Å². The zero-order chi connectivity index (χ0) is 18.4. The van der Waals surface area contributed by atoms with Gasteiger partial charge < -0.3 is 14.7 Å². The van der Waals surface area contributed by atoms with E-state index in [2.05, 4.69) is 22.6 Å². The van der Waals surface area contributed by atoms with Crippen molar-refractivity contribution in [3.8, 4) is 0 Å². The number of fused-ring (bicyclic) bond motifs is 3. The third kappa shape index (κ3) is 2.69. The van der Waals surface area contributed by atoms with Crippen molar-refractivity contribution >= 4 is 11.8 Å². The molecule has 136 valence electrons. The van der Waals surface area contributed by atoms with Crippen molar-refractivity contribution < 1.29 is 14.1 Å². The summed E-state index contributed by atoms with van der Waals surface area (Å²) < 4.78 is 5.25. The zero-order valence-electron chi connectivity index (χ0n) is 15.2. The summed E-state index contributed by atoms with van der Waals surface area (Å²) in [5.74, 6) is 1.19. The fourth-order valence-corrected chi connectivity index (χ4v) is 4.18. The average Bonchev–Trinajstić information content (AvgIpc) is 3.30. The SMILES string of the molecule is CC(=O)N1C[C@H]2[C@@H](C1)c1ccccc1[C@@H]2NC(=O)c1cc(C(C)C)on1. The number of carbonyl (C=O) groups is 2. The summed E-state index contributed by atoms with van der Waals surface area (Å²) in [7, 11) is 0. The Hall–Kier alpha value is -2.63. The lowest BCUT2D eigenvalue weighted by Crippen LogP contribution is -2.34. The molecule has 2 heterocycles. The molecular weight excluding hydrogens is 330 g/mol. The molecule has 0 spiro atoms. The van der Waals surface area contributed by atoms with Gasteiger partial charge in [0.1, 0.15) is 5.76 Å². The molecule has 3 atom stereocenters. The van der Waals surface area contributed by atoms with Crippen LogP contribution in [0.25, 0.3) is 0 Å². The van der Waals surface area contributed by atoms with Gasteiger partial charge in [-0.25, -0.2) is 0 Å². The van der Waals surface area contributed by atoms with Crippen LogP contribution in [0.15, 0.2) is 34.9 Å². The summed E-state index contributed by atoms with van der Waals surface area (Å²) in [6.45, 7) is 6.97. The topological polar surface area (TPSA) is 75.4 Å². The third-order valence-electron chi connectivity index (χ3n) is 5.59. The van der Waals surface area contributed by atoms with E-state index in [1.165, 1.54) is 5.56 Å². The van der Waals surface area contributed by atoms with Gasteiger partial charge in [0.2, 0.25) is 5.91 Å². The number of carbonyl (C=O) groups excluding carboxylic acids is 2. The Morgan fingerprint density at radius 1 is 1.23 bits per heavy atom. The first-order chi connectivity index (χ1) is 12.5. The van der Waals surface area contributed by atoms with E-state index in [0.717, 1.165) is 5.56 Å². The van der Waals surface area contributed by atoms with Crippen molar-refractivity contribution in [1.29, 1.82) is 0 Å². The van der Waals surface area contributed by atoms with E-state index in [9.17, 15) is 9.59 Å². The van der Waals surface area contributed by atoms with Crippen molar-refractivity contribution in [3.05, 3.63) is 52.9 Å². The van der Waals surface area contributed by atoms with Crippen molar-refractivity contribution in [2.45, 2.75) is 38.6 Å². The van der Waals surface area contributed by atoms with E-state index in [1.54, 1.807) is 13.0 Å². The van der Waals surface area contributed by atoms with Crippen LogP contribution in [0, 0.1) is 5.92 Å². The quantitative estimate of drug-likeness (QED) is 0.921. The normalized spacial score (nSPS) is 23.8. The van der Waals surface area contributed by atoms with Crippen LogP contribution in [0.5, 0.6) is 0 Å². The van der Waals surface area contributed by atoms with E-state index in [1.807, 2.05) is 30.9 Å². The predicted octanol–water partition coefficient (Wildman–Crippen LogP) is 2.84. The Bertz CT molecular complexity index is 857. The van der Waals surface area contributed by atoms with Crippen LogP contribution < -0.4 is 5.32 Å². The summed E-state index contributed by atoms with van der Waals surface area (Å²) in [6.07, 6.45) is 0. The Morgan fingerprint density at radius 3 is 2.62 bits per heavy atom. The number of nitrogens with zero attached hydrogens (tertiary/aromatic N) is 2. The Balaban J connectivity index is 1.60. The predicted molar refractivity (Wildman–Crippen MR) is 95.7 cm³/mol. The minimum absolute atomic E-state index is 0.0834. The number of benzene rings is 1. The van der Waals surface area contributed by atoms with Gasteiger partial charge in [0.25, 0.3) is 5.91 Å². The third-order valence-corrected chi connectivity index (χ3v) is 5.59. The van der Waals surface area contributed by atoms with Crippen molar-refractivity contribution in [2.75, 3.05) is 13.1 Å². The minimum Gasteiger partial charge on any atom is -0.360 e. The molecule has 6 nitrogen and oxygen atoms in total. The monoisotopic (exact) mass is 353 g/mol. The summed E-state index contributed by atoms with van der Waals surface area (Å²) in [4.78, 5) is 26.4. The van der Waals surface area contributed by atoms with E-state index in [4.69, 9.17) is 4.52 Å². The smallest absolute Gasteiger partial charge is 0.273 e. The fraction of sp³-hybridized carbons (Fsp3) is 0.450. The van der Waals surface area contributed by atoms with Crippen LogP contribution in [0.1, 0.15) is 66.0 Å². The van der Waals surface area contributed by atoms with E-state index < -0.39 is 0 Å². The highest BCUT2D eigenvalue weighted by molar-refractivity contribution is 5.92. The maximum Gasteiger partial charge on any atom is 0.273 e. The van der Waals surface area contributed by atoms with Crippen LogP contribution in [0.2, 0.25) is 0 Å². The van der Waals surface area contributed by atoms with Gasteiger partial charge in [-0.2, -0.15) is 0 Å². The van der Waals surface area contributed by atoms with Crippen molar-refractivity contribution in [1.82, 2.24) is 15.4 Å². The molecular formula is C20H23N3O3. The Morgan fingerprint density at radius 2 is 1.96 bits per heavy atom. The molecule has 26 heavy (non-hydrogen) atoms. The van der Waals surface area contributed by atoms with E-state index >= 15 is 0 Å². The standard InChI is InChI=1S/C20H23N3O3/c1-11(2)18-8-17(22-26-18)20(25)21-19-14-7-5-4-6-13(14)15-9-23(12(3)24)10-16(15)19/h4-8,11,15-16,19H,9-10H2,1-3H3,(H,21,25)/t15-,16-,19-/m0/s1. The first-order valence-corrected chi connectivity index (χ1v) is 9.07. The maximum atomic E-state index is 12.7. The van der Waals surface area contributed by atoms with Crippen molar-refractivity contribution in [2.24, 2.45) is 5.92 Å². The molecule has 2 aliphatic rings. The highest BCUT2D eigenvalue weighted by atomic mass is 16.5. The van der Waals surface area contributed by atoms with Crippen LogP contribution in [-0.4, -0.2) is 35.0 Å². The number of aromatic nitrogens is 1. The van der Waals surface area contributed by atoms with Crippen molar-refractivity contribution in [3.63, 3.8) is 0 Å². The summed E-state index contributed by atoms with van der Waals surface area (Å²) in [6, 6.07) is 9.77. The van der Waals surface area contributed by atoms with Crippen LogP contribution in [0.3, 0.4) is 0 Å². The number of amides is 2. The van der Waals surface area contributed by atoms with E-state index in [0.29, 0.717) is 24.5 Å². The van der Waals surface area contributed by atoms with Crippen LogP contribution >= 0.6 is 0 Å². The van der Waals surface area contributed by atoms with Gasteiger partial charge in [-0.1, -0.05) is 43.3 Å². The summed E-state index contributed by atoms with van der Waals surface area (Å²) >= 11 is 0. The second-order valence-corrected chi connectivity index (χ2v) is 7.54. The number of nitrogens with one attached hydrogen (secondary N) is 1. The minimum atomic E-state index is -0.234. The van der Waals surface area contributed by atoms with Gasteiger partial charge in [0.15, 0.2) is 5.69 Å². The number of rotatable bonds is 3. The molecule has 2 amide bonds. The zero-order valence-corrected chi connectivity index (χ0v) is 15.2. The second-order valence-electron chi connectivity index (χ2n) is 7.54. The first-order valence-electron chi connectivity index (χ1n) is 9.07. The molecule has 0 saturated carbocycles. The molecule has 1 saturated heterocycles. The molecule has 1 fully saturated rings. The molecule has 2 aromatic rings. The Kier molecular flexibility index (Phi) is 4.05. The molecule has 1 aliphatic carbocycles. The number of likely N-dealkylation sites (tertiary alicyclic amines) is 1. The number of hydrogen-bond donors (Lipinski definition) is 1. The largest absolute Gasteiger partial charge is 0.360 e. The average molecular weight is 353 g/mol. The fourth-order valence-electron chi connectivity index (χ4n) is 4.18. The number of hydrogen-bond acceptors (Lipinski definition) is 4. The van der Waals surface area contributed by atoms with Gasteiger partial charge in [-0.3, -0.25) is 9.59 Å². The molecule has 1 aromatic carbocycles. The van der Waals surface area contributed by atoms with Crippen LogP contribution in [0.4, 0.5) is 0 Å². The molecule has 1 N–H and O–H groups in total. The summed E-state index contributed by atoms with van der Waals surface area (Å²) in [5.41, 5.74) is 2.68. The lowest BCUT2D eigenvalue weighted by atomic mass is 9.94. The first kappa shape index (κ1) is 16.8. The van der Waals surface area contributed by atoms with Gasteiger partial charge >= 0.3 is 0 Å². The molecule has 1 aliphatic heterocycles. The second kappa shape index (κ2) is 6.27. The molecule has 0 radical (unpaired) electrons. The lowest BCUT2D eigenvalue weighted by Gasteiger charge is -2.22. The molecule has 1 aromatic heterocycles. The highest BCUT2D eigenvalue weighted by Gasteiger charge is 2.47. The summed E-state index contributed by atoms with van der Waals surface area (Å²) in [5, 5.41) is 7.05. The Labute approximate surface area is 152 Å². The van der Waals surface area contributed by atoms with E-state index in [-0.39, 0.29) is 35.6 Å². The van der Waals surface area contributed by atoms with Gasteiger partial charge in [0, 0.05) is 43.8 Å². The van der Waals surface area contributed by atoms with Gasteiger partial charge in [-0.15, -0.1) is 0 Å².